The van der Waals surface area contributed by atoms with Crippen LogP contribution in [0.3, 0.4) is 0 Å². The minimum Gasteiger partial charge on any atom is -0.396 e. The normalized spacial score (nSPS) is 14.4. The standard InChI is InChI=1S/C15H25NOS/c1-4-13-6-8-14(9-7-13)15(16-5-2)12(3)18-11-10-17/h6-9,12,15-17H,4-5,10-11H2,1-3H3. The van der Waals surface area contributed by atoms with E-state index in [1.807, 2.05) is 11.8 Å². The zero-order valence-corrected chi connectivity index (χ0v) is 12.5. The minimum atomic E-state index is 0.253. The maximum Gasteiger partial charge on any atom is 0.0521 e. The molecule has 0 saturated carbocycles. The second-order valence-electron chi connectivity index (χ2n) is 4.43. The molecule has 2 nitrogen and oxygen atoms in total. The van der Waals surface area contributed by atoms with Crippen molar-refractivity contribution in [3.63, 3.8) is 0 Å². The van der Waals surface area contributed by atoms with Gasteiger partial charge in [0, 0.05) is 17.0 Å². The van der Waals surface area contributed by atoms with Gasteiger partial charge in [-0.15, -0.1) is 0 Å². The van der Waals surface area contributed by atoms with Crippen LogP contribution in [-0.4, -0.2) is 29.3 Å². The first-order chi connectivity index (χ1) is 8.72. The van der Waals surface area contributed by atoms with E-state index in [1.165, 1.54) is 11.1 Å². The van der Waals surface area contributed by atoms with E-state index in [2.05, 4.69) is 50.4 Å². The second kappa shape index (κ2) is 8.57. The molecule has 0 amide bonds. The van der Waals surface area contributed by atoms with Gasteiger partial charge in [0.05, 0.1) is 6.61 Å². The number of thioether (sulfide) groups is 1. The van der Waals surface area contributed by atoms with Crippen LogP contribution in [0.15, 0.2) is 24.3 Å². The summed E-state index contributed by atoms with van der Waals surface area (Å²) in [5.74, 6) is 0.802. The summed E-state index contributed by atoms with van der Waals surface area (Å²) >= 11 is 1.82. The third-order valence-corrected chi connectivity index (χ3v) is 4.33. The van der Waals surface area contributed by atoms with Crippen LogP contribution in [0.4, 0.5) is 0 Å². The Morgan fingerprint density at radius 2 is 1.89 bits per heavy atom. The molecule has 0 aliphatic heterocycles. The summed E-state index contributed by atoms with van der Waals surface area (Å²) in [6, 6.07) is 9.23. The van der Waals surface area contributed by atoms with Crippen LogP contribution in [0, 0.1) is 0 Å². The van der Waals surface area contributed by atoms with Gasteiger partial charge in [0.25, 0.3) is 0 Å². The summed E-state index contributed by atoms with van der Waals surface area (Å²) < 4.78 is 0. The molecule has 1 rings (SSSR count). The van der Waals surface area contributed by atoms with Gasteiger partial charge in [-0.05, 0) is 24.1 Å². The number of aliphatic hydroxyl groups excluding tert-OH is 1. The Balaban J connectivity index is 2.75. The van der Waals surface area contributed by atoms with Crippen LogP contribution in [0.2, 0.25) is 0 Å². The molecule has 0 fully saturated rings. The van der Waals surface area contributed by atoms with E-state index in [4.69, 9.17) is 5.11 Å². The van der Waals surface area contributed by atoms with Crippen LogP contribution < -0.4 is 5.32 Å². The van der Waals surface area contributed by atoms with E-state index in [9.17, 15) is 0 Å². The van der Waals surface area contributed by atoms with Crippen molar-refractivity contribution in [3.05, 3.63) is 35.4 Å². The molecule has 0 radical (unpaired) electrons. The average molecular weight is 267 g/mol. The van der Waals surface area contributed by atoms with E-state index in [0.29, 0.717) is 11.3 Å². The third kappa shape index (κ3) is 4.63. The SMILES string of the molecule is CCNC(c1ccc(CC)cc1)C(C)SCCO. The quantitative estimate of drug-likeness (QED) is 0.759. The Bertz CT molecular complexity index is 326. The van der Waals surface area contributed by atoms with Gasteiger partial charge in [-0.2, -0.15) is 11.8 Å². The number of aryl methyl sites for hydroxylation is 1. The monoisotopic (exact) mass is 267 g/mol. The van der Waals surface area contributed by atoms with Crippen molar-refractivity contribution >= 4 is 11.8 Å². The lowest BCUT2D eigenvalue weighted by Gasteiger charge is -2.25. The van der Waals surface area contributed by atoms with Gasteiger partial charge < -0.3 is 10.4 Å². The van der Waals surface area contributed by atoms with Crippen LogP contribution in [0.5, 0.6) is 0 Å². The molecular weight excluding hydrogens is 242 g/mol. The molecule has 0 heterocycles. The Morgan fingerprint density at radius 1 is 1.22 bits per heavy atom. The summed E-state index contributed by atoms with van der Waals surface area (Å²) in [6.07, 6.45) is 1.08. The molecule has 0 aromatic heterocycles. The molecular formula is C15H25NOS. The predicted octanol–water partition coefficient (Wildman–Crippen LogP) is 3.01. The highest BCUT2D eigenvalue weighted by molar-refractivity contribution is 7.99. The third-order valence-electron chi connectivity index (χ3n) is 3.11. The second-order valence-corrected chi connectivity index (χ2v) is 5.92. The van der Waals surface area contributed by atoms with Crippen molar-refractivity contribution < 1.29 is 5.11 Å². The van der Waals surface area contributed by atoms with Crippen LogP contribution in [-0.2, 0) is 6.42 Å². The fraction of sp³-hybridized carbons (Fsp3) is 0.600. The molecule has 0 saturated heterocycles. The molecule has 3 heteroatoms. The summed E-state index contributed by atoms with van der Waals surface area (Å²) in [7, 11) is 0. The lowest BCUT2D eigenvalue weighted by Crippen LogP contribution is -2.28. The molecule has 2 atom stereocenters. The minimum absolute atomic E-state index is 0.253. The summed E-state index contributed by atoms with van der Waals surface area (Å²) in [4.78, 5) is 0. The molecule has 0 bridgehead atoms. The Morgan fingerprint density at radius 3 is 2.39 bits per heavy atom. The van der Waals surface area contributed by atoms with Gasteiger partial charge >= 0.3 is 0 Å². The van der Waals surface area contributed by atoms with Gasteiger partial charge in [-0.3, -0.25) is 0 Å². The van der Waals surface area contributed by atoms with Crippen molar-refractivity contribution in [1.82, 2.24) is 5.32 Å². The van der Waals surface area contributed by atoms with Crippen molar-refractivity contribution in [2.45, 2.75) is 38.5 Å². The lowest BCUT2D eigenvalue weighted by atomic mass is 10.0. The highest BCUT2D eigenvalue weighted by atomic mass is 32.2. The van der Waals surface area contributed by atoms with E-state index < -0.39 is 0 Å². The first kappa shape index (κ1) is 15.5. The molecule has 102 valence electrons. The first-order valence-corrected chi connectivity index (χ1v) is 7.82. The van der Waals surface area contributed by atoms with Crippen molar-refractivity contribution in [3.8, 4) is 0 Å². The van der Waals surface area contributed by atoms with Crippen LogP contribution in [0.25, 0.3) is 0 Å². The van der Waals surface area contributed by atoms with Gasteiger partial charge in [0.15, 0.2) is 0 Å². The maximum atomic E-state index is 8.92. The summed E-state index contributed by atoms with van der Waals surface area (Å²) in [6.45, 7) is 7.75. The van der Waals surface area contributed by atoms with Gasteiger partial charge in [0.1, 0.15) is 0 Å². The fourth-order valence-corrected chi connectivity index (χ4v) is 2.99. The van der Waals surface area contributed by atoms with E-state index in [0.717, 1.165) is 18.7 Å². The van der Waals surface area contributed by atoms with E-state index >= 15 is 0 Å². The Kier molecular flexibility index (Phi) is 7.40. The van der Waals surface area contributed by atoms with Gasteiger partial charge in [-0.25, -0.2) is 0 Å². The van der Waals surface area contributed by atoms with Crippen LogP contribution >= 0.6 is 11.8 Å². The molecule has 2 N–H and O–H groups in total. The molecule has 1 aromatic rings. The highest BCUT2D eigenvalue weighted by Crippen LogP contribution is 2.26. The largest absolute Gasteiger partial charge is 0.396 e. The molecule has 2 unspecified atom stereocenters. The topological polar surface area (TPSA) is 32.3 Å². The molecule has 0 aliphatic carbocycles. The number of rotatable bonds is 8. The lowest BCUT2D eigenvalue weighted by molar-refractivity contribution is 0.322. The summed E-state index contributed by atoms with van der Waals surface area (Å²) in [5, 5.41) is 12.9. The maximum absolute atomic E-state index is 8.92. The fourth-order valence-electron chi connectivity index (χ4n) is 2.07. The van der Waals surface area contributed by atoms with Crippen LogP contribution in [0.1, 0.15) is 37.9 Å². The average Bonchev–Trinajstić information content (AvgIpc) is 2.42. The number of benzene rings is 1. The summed E-state index contributed by atoms with van der Waals surface area (Å²) in [5.41, 5.74) is 2.72. The van der Waals surface area contributed by atoms with Crippen molar-refractivity contribution in [2.75, 3.05) is 18.9 Å². The van der Waals surface area contributed by atoms with Crippen molar-refractivity contribution in [2.24, 2.45) is 0 Å². The van der Waals surface area contributed by atoms with Gasteiger partial charge in [-0.1, -0.05) is 45.0 Å². The molecule has 0 aliphatic rings. The number of hydrogen-bond acceptors (Lipinski definition) is 3. The smallest absolute Gasteiger partial charge is 0.0521 e. The molecule has 1 aromatic carbocycles. The van der Waals surface area contributed by atoms with Crippen molar-refractivity contribution in [1.29, 1.82) is 0 Å². The van der Waals surface area contributed by atoms with E-state index in [1.54, 1.807) is 0 Å². The zero-order chi connectivity index (χ0) is 13.4. The zero-order valence-electron chi connectivity index (χ0n) is 11.6. The number of aliphatic hydroxyl groups is 1. The number of nitrogens with one attached hydrogen (secondary N) is 1. The Hall–Kier alpha value is -0.510. The van der Waals surface area contributed by atoms with Gasteiger partial charge in [0.2, 0.25) is 0 Å². The first-order valence-electron chi connectivity index (χ1n) is 6.77. The molecule has 0 spiro atoms. The number of hydrogen-bond donors (Lipinski definition) is 2. The van der Waals surface area contributed by atoms with E-state index in [-0.39, 0.29) is 6.61 Å². The molecule has 18 heavy (non-hydrogen) atoms. The Labute approximate surface area is 115 Å². The predicted molar refractivity (Wildman–Crippen MR) is 81.2 cm³/mol. The highest BCUT2D eigenvalue weighted by Gasteiger charge is 2.18.